The lowest BCUT2D eigenvalue weighted by Crippen LogP contribution is -2.41. The number of carbonyl (C=O) groups excluding carboxylic acids is 1. The molecule has 3 fully saturated rings. The average Bonchev–Trinajstić information content (AvgIpc) is 2.74. The molecule has 0 aromatic heterocycles. The number of hydrogen-bond donors (Lipinski definition) is 0. The molecule has 3 rings (SSSR count). The zero-order chi connectivity index (χ0) is 11.3. The molecule has 1 saturated heterocycles. The Kier molecular flexibility index (Phi) is 2.77. The van der Waals surface area contributed by atoms with Crippen LogP contribution in [0.15, 0.2) is 0 Å². The largest absolute Gasteiger partial charge is 0.338 e. The van der Waals surface area contributed by atoms with Crippen LogP contribution in [0.4, 0.5) is 0 Å². The monoisotopic (exact) mass is 285 g/mol. The van der Waals surface area contributed by atoms with E-state index in [0.29, 0.717) is 23.8 Å². The predicted octanol–water partition coefficient (Wildman–Crippen LogP) is 2.66. The number of alkyl halides is 1. The van der Waals surface area contributed by atoms with E-state index in [1.165, 1.54) is 25.7 Å². The molecular weight excluding hydrogens is 266 g/mol. The third-order valence-electron chi connectivity index (χ3n) is 4.92. The highest BCUT2D eigenvalue weighted by Crippen LogP contribution is 2.54. The third-order valence-corrected chi connectivity index (χ3v) is 5.58. The van der Waals surface area contributed by atoms with Crippen molar-refractivity contribution in [2.24, 2.45) is 23.7 Å². The van der Waals surface area contributed by atoms with Gasteiger partial charge in [0.1, 0.15) is 0 Å². The molecule has 0 aromatic carbocycles. The maximum absolute atomic E-state index is 12.4. The van der Waals surface area contributed by atoms with Gasteiger partial charge in [-0.3, -0.25) is 4.79 Å². The fourth-order valence-electron chi connectivity index (χ4n) is 3.67. The van der Waals surface area contributed by atoms with Gasteiger partial charge in [-0.25, -0.2) is 0 Å². The van der Waals surface area contributed by atoms with Gasteiger partial charge in [-0.05, 0) is 43.4 Å². The number of carbonyl (C=O) groups is 1. The van der Waals surface area contributed by atoms with E-state index >= 15 is 0 Å². The minimum absolute atomic E-state index is 0.371. The first-order chi connectivity index (χ1) is 7.70. The van der Waals surface area contributed by atoms with Gasteiger partial charge in [0.2, 0.25) is 5.91 Å². The van der Waals surface area contributed by atoms with Gasteiger partial charge in [-0.15, -0.1) is 0 Å². The van der Waals surface area contributed by atoms with E-state index in [1.807, 2.05) is 0 Å². The molecule has 3 aliphatic rings. The maximum atomic E-state index is 12.4. The lowest BCUT2D eigenvalue weighted by atomic mass is 10.0. The second kappa shape index (κ2) is 4.01. The van der Waals surface area contributed by atoms with Crippen LogP contribution in [0.2, 0.25) is 0 Å². The van der Waals surface area contributed by atoms with Crippen molar-refractivity contribution < 1.29 is 4.79 Å². The zero-order valence-electron chi connectivity index (χ0n) is 9.86. The van der Waals surface area contributed by atoms with Crippen molar-refractivity contribution in [1.29, 1.82) is 0 Å². The third kappa shape index (κ3) is 1.71. The van der Waals surface area contributed by atoms with Gasteiger partial charge in [0.15, 0.2) is 0 Å². The van der Waals surface area contributed by atoms with E-state index in [9.17, 15) is 4.79 Å². The second-order valence-corrected chi connectivity index (χ2v) is 6.59. The summed E-state index contributed by atoms with van der Waals surface area (Å²) in [6, 6.07) is 0.449. The number of nitrogens with zero attached hydrogens (tertiary/aromatic N) is 1. The Hall–Kier alpha value is -0.0500. The number of amides is 1. The molecule has 90 valence electrons. The maximum Gasteiger partial charge on any atom is 0.225 e. The van der Waals surface area contributed by atoms with Gasteiger partial charge >= 0.3 is 0 Å². The Bertz CT molecular complexity index is 296. The predicted molar refractivity (Wildman–Crippen MR) is 67.4 cm³/mol. The minimum Gasteiger partial charge on any atom is -0.338 e. The van der Waals surface area contributed by atoms with Gasteiger partial charge < -0.3 is 4.90 Å². The number of rotatable bonds is 2. The van der Waals surface area contributed by atoms with Crippen LogP contribution in [-0.4, -0.2) is 28.7 Å². The summed E-state index contributed by atoms with van der Waals surface area (Å²) in [6.45, 7) is 3.26. The summed E-state index contributed by atoms with van der Waals surface area (Å²) in [5.41, 5.74) is 0. The van der Waals surface area contributed by atoms with Crippen LogP contribution in [0, 0.1) is 23.7 Å². The quantitative estimate of drug-likeness (QED) is 0.715. The van der Waals surface area contributed by atoms with Gasteiger partial charge in [0.25, 0.3) is 0 Å². The molecule has 4 atom stereocenters. The fourth-order valence-corrected chi connectivity index (χ4v) is 4.66. The Morgan fingerprint density at radius 1 is 1.31 bits per heavy atom. The summed E-state index contributed by atoms with van der Waals surface area (Å²) < 4.78 is 0. The number of likely N-dealkylation sites (tertiary alicyclic amines) is 1. The first-order valence-corrected chi connectivity index (χ1v) is 7.69. The highest BCUT2D eigenvalue weighted by atomic mass is 79.9. The Balaban J connectivity index is 1.65. The minimum atomic E-state index is 0.371. The molecule has 4 unspecified atom stereocenters. The molecule has 16 heavy (non-hydrogen) atoms. The van der Waals surface area contributed by atoms with Crippen LogP contribution in [0.1, 0.15) is 32.6 Å². The molecule has 1 amide bonds. The molecule has 1 aliphatic heterocycles. The summed E-state index contributed by atoms with van der Waals surface area (Å²) >= 11 is 3.56. The SMILES string of the molecule is CC1CCN(C(=O)C2CC3CC3C2)C1CBr. The summed E-state index contributed by atoms with van der Waals surface area (Å²) in [4.78, 5) is 14.6. The van der Waals surface area contributed by atoms with Crippen LogP contribution < -0.4 is 0 Å². The standard InChI is InChI=1S/C13H20BrNO/c1-8-2-3-15(12(8)7-14)13(16)11-5-9-4-10(9)6-11/h8-12H,2-7H2,1H3. The smallest absolute Gasteiger partial charge is 0.225 e. The summed E-state index contributed by atoms with van der Waals surface area (Å²) in [5.74, 6) is 3.32. The van der Waals surface area contributed by atoms with Crippen molar-refractivity contribution in [3.63, 3.8) is 0 Å². The number of hydrogen-bond acceptors (Lipinski definition) is 1. The summed E-state index contributed by atoms with van der Waals surface area (Å²) in [7, 11) is 0. The van der Waals surface area contributed by atoms with Crippen LogP contribution in [0.5, 0.6) is 0 Å². The number of halogens is 1. The van der Waals surface area contributed by atoms with Gasteiger partial charge in [0, 0.05) is 23.8 Å². The lowest BCUT2D eigenvalue weighted by molar-refractivity contribution is -0.136. The Morgan fingerprint density at radius 2 is 2.00 bits per heavy atom. The van der Waals surface area contributed by atoms with Crippen LogP contribution >= 0.6 is 15.9 Å². The van der Waals surface area contributed by atoms with Crippen molar-refractivity contribution in [3.05, 3.63) is 0 Å². The molecule has 0 radical (unpaired) electrons. The Labute approximate surface area is 106 Å². The molecule has 0 spiro atoms. The fraction of sp³-hybridized carbons (Fsp3) is 0.923. The van der Waals surface area contributed by atoms with Crippen molar-refractivity contribution >= 4 is 21.8 Å². The molecule has 2 nitrogen and oxygen atoms in total. The lowest BCUT2D eigenvalue weighted by Gasteiger charge is -2.28. The summed E-state index contributed by atoms with van der Waals surface area (Å²) in [5, 5.41) is 0.944. The van der Waals surface area contributed by atoms with Gasteiger partial charge in [-0.1, -0.05) is 22.9 Å². The highest BCUT2D eigenvalue weighted by Gasteiger charge is 2.50. The zero-order valence-corrected chi connectivity index (χ0v) is 11.4. The van der Waals surface area contributed by atoms with Crippen LogP contribution in [0.25, 0.3) is 0 Å². The van der Waals surface area contributed by atoms with Crippen LogP contribution in [-0.2, 0) is 4.79 Å². The normalized spacial score (nSPS) is 45.9. The first-order valence-electron chi connectivity index (χ1n) is 6.57. The Morgan fingerprint density at radius 3 is 2.62 bits per heavy atom. The summed E-state index contributed by atoms with van der Waals surface area (Å²) in [6.07, 6.45) is 4.95. The number of fused-ring (bicyclic) bond motifs is 1. The van der Waals surface area contributed by atoms with E-state index in [1.54, 1.807) is 0 Å². The van der Waals surface area contributed by atoms with E-state index in [2.05, 4.69) is 27.8 Å². The topological polar surface area (TPSA) is 20.3 Å². The first kappa shape index (κ1) is 11.1. The van der Waals surface area contributed by atoms with Crippen molar-refractivity contribution in [2.75, 3.05) is 11.9 Å². The van der Waals surface area contributed by atoms with Crippen molar-refractivity contribution in [1.82, 2.24) is 4.90 Å². The highest BCUT2D eigenvalue weighted by molar-refractivity contribution is 9.09. The average molecular weight is 286 g/mol. The molecule has 2 saturated carbocycles. The van der Waals surface area contributed by atoms with Crippen molar-refractivity contribution in [2.45, 2.75) is 38.6 Å². The van der Waals surface area contributed by atoms with Crippen molar-refractivity contribution in [3.8, 4) is 0 Å². The van der Waals surface area contributed by atoms with Crippen LogP contribution in [0.3, 0.4) is 0 Å². The van der Waals surface area contributed by atoms with E-state index in [0.717, 1.165) is 23.7 Å². The molecule has 0 bridgehead atoms. The molecule has 3 heteroatoms. The van der Waals surface area contributed by atoms with E-state index < -0.39 is 0 Å². The van der Waals surface area contributed by atoms with E-state index in [-0.39, 0.29) is 0 Å². The molecule has 0 N–H and O–H groups in total. The van der Waals surface area contributed by atoms with E-state index in [4.69, 9.17) is 0 Å². The molecule has 0 aromatic rings. The molecule has 2 aliphatic carbocycles. The van der Waals surface area contributed by atoms with Gasteiger partial charge in [0.05, 0.1) is 0 Å². The molecule has 1 heterocycles. The second-order valence-electron chi connectivity index (χ2n) is 5.94. The molecular formula is C13H20BrNO. The van der Waals surface area contributed by atoms with Gasteiger partial charge in [-0.2, -0.15) is 0 Å².